The highest BCUT2D eigenvalue weighted by Gasteiger charge is 2.28. The zero-order chi connectivity index (χ0) is 8.43. The van der Waals surface area contributed by atoms with Crippen molar-refractivity contribution in [2.45, 2.75) is 52.6 Å². The molecular formula is C10H21N. The fourth-order valence-corrected chi connectivity index (χ4v) is 2.17. The fourth-order valence-electron chi connectivity index (χ4n) is 2.17. The minimum atomic E-state index is 0.741. The Morgan fingerprint density at radius 1 is 1.18 bits per heavy atom. The van der Waals surface area contributed by atoms with Crippen LogP contribution in [0.5, 0.6) is 0 Å². The van der Waals surface area contributed by atoms with E-state index in [0.29, 0.717) is 0 Å². The predicted octanol–water partition coefficient (Wildman–Crippen LogP) is 2.52. The van der Waals surface area contributed by atoms with E-state index in [9.17, 15) is 0 Å². The average molecular weight is 155 g/mol. The maximum Gasteiger partial charge on any atom is 0.0121 e. The highest BCUT2D eigenvalue weighted by Crippen LogP contribution is 2.25. The van der Waals surface area contributed by atoms with Gasteiger partial charge < -0.3 is 0 Å². The molecule has 1 fully saturated rings. The second-order valence-corrected chi connectivity index (χ2v) is 4.29. The molecule has 1 rings (SSSR count). The van der Waals surface area contributed by atoms with Crippen molar-refractivity contribution in [2.24, 2.45) is 5.92 Å². The van der Waals surface area contributed by atoms with E-state index in [1.54, 1.807) is 0 Å². The first-order valence-electron chi connectivity index (χ1n) is 4.88. The quantitative estimate of drug-likeness (QED) is 0.592. The van der Waals surface area contributed by atoms with Gasteiger partial charge in [-0.25, -0.2) is 0 Å². The van der Waals surface area contributed by atoms with Crippen molar-refractivity contribution in [3.05, 3.63) is 0 Å². The molecule has 0 radical (unpaired) electrons. The normalized spacial score (nSPS) is 27.3. The van der Waals surface area contributed by atoms with Gasteiger partial charge in [-0.05, 0) is 39.2 Å². The maximum absolute atomic E-state index is 2.64. The smallest absolute Gasteiger partial charge is 0.0121 e. The van der Waals surface area contributed by atoms with E-state index in [2.05, 4.69) is 32.6 Å². The Labute approximate surface area is 70.8 Å². The minimum Gasteiger partial charge on any atom is -0.298 e. The summed E-state index contributed by atoms with van der Waals surface area (Å²) in [7, 11) is 0. The maximum atomic E-state index is 2.64. The molecule has 0 aromatic heterocycles. The molecule has 1 aliphatic rings. The molecule has 0 amide bonds. The molecule has 1 heteroatoms. The van der Waals surface area contributed by atoms with Crippen molar-refractivity contribution in [3.8, 4) is 0 Å². The SMILES string of the molecule is CC(C)[C@H]1CCCN1C(C)C. The summed E-state index contributed by atoms with van der Waals surface area (Å²) in [6, 6.07) is 1.60. The lowest BCUT2D eigenvalue weighted by Gasteiger charge is -2.30. The van der Waals surface area contributed by atoms with Gasteiger partial charge >= 0.3 is 0 Å². The van der Waals surface area contributed by atoms with Crippen molar-refractivity contribution in [1.82, 2.24) is 4.90 Å². The Morgan fingerprint density at radius 2 is 1.82 bits per heavy atom. The molecule has 0 aliphatic carbocycles. The van der Waals surface area contributed by atoms with Crippen LogP contribution in [0.1, 0.15) is 40.5 Å². The van der Waals surface area contributed by atoms with E-state index in [0.717, 1.165) is 18.0 Å². The Hall–Kier alpha value is -0.0400. The van der Waals surface area contributed by atoms with Crippen LogP contribution >= 0.6 is 0 Å². The Bertz CT molecular complexity index is 104. The third-order valence-electron chi connectivity index (χ3n) is 2.78. The molecule has 1 saturated heterocycles. The number of hydrogen-bond donors (Lipinski definition) is 0. The molecule has 0 N–H and O–H groups in total. The lowest BCUT2D eigenvalue weighted by molar-refractivity contribution is 0.166. The molecule has 0 unspecified atom stereocenters. The first-order valence-corrected chi connectivity index (χ1v) is 4.88. The predicted molar refractivity (Wildman–Crippen MR) is 49.7 cm³/mol. The summed E-state index contributed by atoms with van der Waals surface area (Å²) in [6.45, 7) is 10.6. The molecule has 66 valence electrons. The van der Waals surface area contributed by atoms with Crippen molar-refractivity contribution >= 4 is 0 Å². The van der Waals surface area contributed by atoms with E-state index in [4.69, 9.17) is 0 Å². The van der Waals surface area contributed by atoms with Gasteiger partial charge in [0, 0.05) is 12.1 Å². The van der Waals surface area contributed by atoms with Crippen LogP contribution in [0, 0.1) is 5.92 Å². The summed E-state index contributed by atoms with van der Waals surface area (Å²) in [5, 5.41) is 0. The summed E-state index contributed by atoms with van der Waals surface area (Å²) < 4.78 is 0. The third kappa shape index (κ3) is 1.96. The molecule has 0 aromatic rings. The summed E-state index contributed by atoms with van der Waals surface area (Å²) in [6.07, 6.45) is 2.82. The zero-order valence-electron chi connectivity index (χ0n) is 8.30. The zero-order valence-corrected chi connectivity index (χ0v) is 8.30. The van der Waals surface area contributed by atoms with Crippen LogP contribution < -0.4 is 0 Å². The summed E-state index contributed by atoms with van der Waals surface area (Å²) in [5.74, 6) is 0.833. The second-order valence-electron chi connectivity index (χ2n) is 4.29. The van der Waals surface area contributed by atoms with Crippen LogP contribution in [0.25, 0.3) is 0 Å². The Kier molecular flexibility index (Phi) is 2.94. The summed E-state index contributed by atoms with van der Waals surface area (Å²) >= 11 is 0. The van der Waals surface area contributed by atoms with Gasteiger partial charge in [-0.2, -0.15) is 0 Å². The van der Waals surface area contributed by atoms with E-state index < -0.39 is 0 Å². The molecule has 0 bridgehead atoms. The lowest BCUT2D eigenvalue weighted by atomic mass is 10.0. The van der Waals surface area contributed by atoms with Gasteiger partial charge in [-0.3, -0.25) is 4.90 Å². The van der Waals surface area contributed by atoms with Crippen LogP contribution in [-0.2, 0) is 0 Å². The number of nitrogens with zero attached hydrogens (tertiary/aromatic N) is 1. The van der Waals surface area contributed by atoms with Crippen molar-refractivity contribution in [1.29, 1.82) is 0 Å². The first kappa shape index (κ1) is 9.05. The highest BCUT2D eigenvalue weighted by atomic mass is 15.2. The third-order valence-corrected chi connectivity index (χ3v) is 2.78. The minimum absolute atomic E-state index is 0.741. The van der Waals surface area contributed by atoms with Gasteiger partial charge in [0.1, 0.15) is 0 Å². The molecule has 1 nitrogen and oxygen atoms in total. The largest absolute Gasteiger partial charge is 0.298 e. The van der Waals surface area contributed by atoms with Gasteiger partial charge in [-0.1, -0.05) is 13.8 Å². The Morgan fingerprint density at radius 3 is 2.18 bits per heavy atom. The van der Waals surface area contributed by atoms with Gasteiger partial charge in [0.25, 0.3) is 0 Å². The highest BCUT2D eigenvalue weighted by molar-refractivity contribution is 4.83. The number of likely N-dealkylation sites (tertiary alicyclic amines) is 1. The van der Waals surface area contributed by atoms with Gasteiger partial charge in [-0.15, -0.1) is 0 Å². The molecular weight excluding hydrogens is 134 g/mol. The molecule has 0 spiro atoms. The summed E-state index contributed by atoms with van der Waals surface area (Å²) in [5.41, 5.74) is 0. The van der Waals surface area contributed by atoms with E-state index >= 15 is 0 Å². The van der Waals surface area contributed by atoms with Crippen LogP contribution in [-0.4, -0.2) is 23.5 Å². The Balaban J connectivity index is 2.51. The topological polar surface area (TPSA) is 3.24 Å². The van der Waals surface area contributed by atoms with Crippen molar-refractivity contribution < 1.29 is 0 Å². The van der Waals surface area contributed by atoms with E-state index in [-0.39, 0.29) is 0 Å². The molecule has 1 aliphatic heterocycles. The summed E-state index contributed by atoms with van der Waals surface area (Å²) in [4.78, 5) is 2.64. The van der Waals surface area contributed by atoms with Crippen molar-refractivity contribution in [3.63, 3.8) is 0 Å². The number of hydrogen-bond acceptors (Lipinski definition) is 1. The van der Waals surface area contributed by atoms with Crippen LogP contribution in [0.3, 0.4) is 0 Å². The van der Waals surface area contributed by atoms with Crippen LogP contribution in [0.15, 0.2) is 0 Å². The van der Waals surface area contributed by atoms with E-state index in [1.807, 2.05) is 0 Å². The first-order chi connectivity index (χ1) is 5.13. The van der Waals surface area contributed by atoms with Gasteiger partial charge in [0.05, 0.1) is 0 Å². The molecule has 0 saturated carbocycles. The molecule has 11 heavy (non-hydrogen) atoms. The molecule has 1 heterocycles. The standard InChI is InChI=1S/C10H21N/c1-8(2)10-6-5-7-11(10)9(3)4/h8-10H,5-7H2,1-4H3/t10-/m1/s1. The van der Waals surface area contributed by atoms with Crippen molar-refractivity contribution in [2.75, 3.05) is 6.54 Å². The van der Waals surface area contributed by atoms with Crippen LogP contribution in [0.4, 0.5) is 0 Å². The van der Waals surface area contributed by atoms with Gasteiger partial charge in [0.15, 0.2) is 0 Å². The molecule has 1 atom stereocenters. The van der Waals surface area contributed by atoms with Crippen LogP contribution in [0.2, 0.25) is 0 Å². The average Bonchev–Trinajstić information content (AvgIpc) is 2.32. The van der Waals surface area contributed by atoms with E-state index in [1.165, 1.54) is 19.4 Å². The molecule has 0 aromatic carbocycles. The number of rotatable bonds is 2. The second kappa shape index (κ2) is 3.57. The van der Waals surface area contributed by atoms with Gasteiger partial charge in [0.2, 0.25) is 0 Å². The lowest BCUT2D eigenvalue weighted by Crippen LogP contribution is -2.38. The fraction of sp³-hybridized carbons (Fsp3) is 1.00. The monoisotopic (exact) mass is 155 g/mol.